The third-order valence-electron chi connectivity index (χ3n) is 3.02. The fraction of sp³-hybridized carbons (Fsp3) is 0.533. The van der Waals surface area contributed by atoms with Crippen LogP contribution in [0.5, 0.6) is 5.75 Å². The normalized spacial score (nSPS) is 21.0. The van der Waals surface area contributed by atoms with Gasteiger partial charge in [-0.15, -0.1) is 0 Å². The first-order valence-electron chi connectivity index (χ1n) is 7.18. The molecule has 1 aromatic carbocycles. The van der Waals surface area contributed by atoms with Crippen LogP contribution in [0.15, 0.2) is 30.3 Å². The highest BCUT2D eigenvalue weighted by molar-refractivity contribution is 5.73. The number of hydrogen-bond donors (Lipinski definition) is 2. The summed E-state index contributed by atoms with van der Waals surface area (Å²) in [6.07, 6.45) is -3.75. The Morgan fingerprint density at radius 2 is 1.91 bits per heavy atom. The molecule has 1 saturated heterocycles. The van der Waals surface area contributed by atoms with E-state index < -0.39 is 12.1 Å². The Hall–Kier alpha value is -1.80. The number of aliphatic carboxylic acids is 1. The standard InChI is InChI=1S/C13H19NO2.C2HF3O2/c1-2-15-13-10-14-9-8-12(13)16-11-6-4-3-5-7-11;3-2(4,5)1(6)7/h3-7,12-14H,2,8-10H2,1H3;(H,6,7). The molecular weight excluding hydrogens is 315 g/mol. The van der Waals surface area contributed by atoms with Crippen molar-refractivity contribution in [2.24, 2.45) is 0 Å². The van der Waals surface area contributed by atoms with Crippen LogP contribution in [0.4, 0.5) is 13.2 Å². The van der Waals surface area contributed by atoms with Crippen LogP contribution in [0.25, 0.3) is 0 Å². The fourth-order valence-electron chi connectivity index (χ4n) is 1.99. The van der Waals surface area contributed by atoms with Gasteiger partial charge in [0.2, 0.25) is 0 Å². The molecule has 5 nitrogen and oxygen atoms in total. The number of benzene rings is 1. The van der Waals surface area contributed by atoms with Crippen LogP contribution in [0.1, 0.15) is 13.3 Å². The third kappa shape index (κ3) is 7.34. The molecule has 0 aromatic heterocycles. The van der Waals surface area contributed by atoms with Gasteiger partial charge in [0.05, 0.1) is 0 Å². The van der Waals surface area contributed by atoms with Crippen molar-refractivity contribution in [3.8, 4) is 5.75 Å². The van der Waals surface area contributed by atoms with E-state index in [-0.39, 0.29) is 12.2 Å². The topological polar surface area (TPSA) is 67.8 Å². The molecule has 0 saturated carbocycles. The number of rotatable bonds is 4. The lowest BCUT2D eigenvalue weighted by molar-refractivity contribution is -0.192. The molecule has 23 heavy (non-hydrogen) atoms. The lowest BCUT2D eigenvalue weighted by atomic mass is 10.1. The Morgan fingerprint density at radius 3 is 2.43 bits per heavy atom. The highest BCUT2D eigenvalue weighted by Gasteiger charge is 2.38. The van der Waals surface area contributed by atoms with Crippen LogP contribution in [0, 0.1) is 0 Å². The van der Waals surface area contributed by atoms with Crippen molar-refractivity contribution in [2.75, 3.05) is 19.7 Å². The number of piperidine rings is 1. The van der Waals surface area contributed by atoms with Crippen LogP contribution < -0.4 is 10.1 Å². The highest BCUT2D eigenvalue weighted by Crippen LogP contribution is 2.17. The van der Waals surface area contributed by atoms with E-state index in [0.717, 1.165) is 31.9 Å². The van der Waals surface area contributed by atoms with Gasteiger partial charge in [0, 0.05) is 13.2 Å². The van der Waals surface area contributed by atoms with E-state index in [1.165, 1.54) is 0 Å². The van der Waals surface area contributed by atoms with Crippen LogP contribution in [0.3, 0.4) is 0 Å². The van der Waals surface area contributed by atoms with Crippen molar-refractivity contribution < 1.29 is 32.5 Å². The Bertz CT molecular complexity index is 466. The molecule has 1 aliphatic rings. The second-order valence-corrected chi connectivity index (χ2v) is 4.76. The van der Waals surface area contributed by atoms with Crippen LogP contribution in [-0.4, -0.2) is 49.2 Å². The molecule has 0 aliphatic carbocycles. The number of ether oxygens (including phenoxy) is 2. The number of hydrogen-bond acceptors (Lipinski definition) is 4. The summed E-state index contributed by atoms with van der Waals surface area (Å²) in [5, 5.41) is 10.5. The summed E-state index contributed by atoms with van der Waals surface area (Å²) in [7, 11) is 0. The Balaban J connectivity index is 0.000000322. The Morgan fingerprint density at radius 1 is 1.30 bits per heavy atom. The van der Waals surface area contributed by atoms with Gasteiger partial charge in [0.25, 0.3) is 0 Å². The zero-order valence-electron chi connectivity index (χ0n) is 12.7. The van der Waals surface area contributed by atoms with Crippen molar-refractivity contribution in [2.45, 2.75) is 31.7 Å². The van der Waals surface area contributed by atoms with E-state index in [1.54, 1.807) is 0 Å². The van der Waals surface area contributed by atoms with Crippen LogP contribution in [-0.2, 0) is 9.53 Å². The molecule has 130 valence electrons. The van der Waals surface area contributed by atoms with Gasteiger partial charge in [0.15, 0.2) is 0 Å². The average Bonchev–Trinajstić information content (AvgIpc) is 2.50. The molecule has 2 N–H and O–H groups in total. The first kappa shape index (κ1) is 19.2. The Labute approximate surface area is 132 Å². The van der Waals surface area contributed by atoms with Crippen molar-refractivity contribution in [3.05, 3.63) is 30.3 Å². The maximum Gasteiger partial charge on any atom is 0.490 e. The number of carboxylic acid groups (broad SMARTS) is 1. The number of alkyl halides is 3. The summed E-state index contributed by atoms with van der Waals surface area (Å²) in [5.41, 5.74) is 0. The SMILES string of the molecule is CCOC1CNCCC1Oc1ccccc1.O=C(O)C(F)(F)F. The summed E-state index contributed by atoms with van der Waals surface area (Å²) >= 11 is 0. The number of carbonyl (C=O) groups is 1. The van der Waals surface area contributed by atoms with Gasteiger partial charge >= 0.3 is 12.1 Å². The molecule has 1 fully saturated rings. The second-order valence-electron chi connectivity index (χ2n) is 4.76. The van der Waals surface area contributed by atoms with Crippen LogP contribution >= 0.6 is 0 Å². The molecule has 1 aliphatic heterocycles. The number of halogens is 3. The molecule has 1 aromatic rings. The monoisotopic (exact) mass is 335 g/mol. The Kier molecular flexibility index (Phi) is 7.84. The minimum atomic E-state index is -5.08. The summed E-state index contributed by atoms with van der Waals surface area (Å²) in [6, 6.07) is 9.96. The molecule has 0 radical (unpaired) electrons. The van der Waals surface area contributed by atoms with Crippen molar-refractivity contribution in [1.29, 1.82) is 0 Å². The highest BCUT2D eigenvalue weighted by atomic mass is 19.4. The summed E-state index contributed by atoms with van der Waals surface area (Å²) < 4.78 is 43.4. The van der Waals surface area contributed by atoms with Gasteiger partial charge in [-0.25, -0.2) is 4.79 Å². The lowest BCUT2D eigenvalue weighted by Crippen LogP contribution is -2.48. The van der Waals surface area contributed by atoms with Crippen molar-refractivity contribution in [3.63, 3.8) is 0 Å². The van der Waals surface area contributed by atoms with Crippen molar-refractivity contribution >= 4 is 5.97 Å². The third-order valence-corrected chi connectivity index (χ3v) is 3.02. The lowest BCUT2D eigenvalue weighted by Gasteiger charge is -2.32. The average molecular weight is 335 g/mol. The van der Waals surface area contributed by atoms with E-state index in [1.807, 2.05) is 37.3 Å². The predicted octanol–water partition coefficient (Wildman–Crippen LogP) is 2.47. The van der Waals surface area contributed by atoms with Gasteiger partial charge in [-0.2, -0.15) is 13.2 Å². The molecule has 2 atom stereocenters. The first-order valence-corrected chi connectivity index (χ1v) is 7.18. The van der Waals surface area contributed by atoms with E-state index in [4.69, 9.17) is 19.4 Å². The maximum absolute atomic E-state index is 10.6. The first-order chi connectivity index (χ1) is 10.8. The quantitative estimate of drug-likeness (QED) is 0.885. The molecule has 0 bridgehead atoms. The smallest absolute Gasteiger partial charge is 0.488 e. The van der Waals surface area contributed by atoms with Gasteiger partial charge in [-0.3, -0.25) is 0 Å². The summed E-state index contributed by atoms with van der Waals surface area (Å²) in [5.74, 6) is -1.83. The fourth-order valence-corrected chi connectivity index (χ4v) is 1.99. The molecule has 1 heterocycles. The van der Waals surface area contributed by atoms with Gasteiger partial charge in [0.1, 0.15) is 18.0 Å². The predicted molar refractivity (Wildman–Crippen MR) is 77.4 cm³/mol. The number of carboxylic acids is 1. The maximum atomic E-state index is 10.6. The molecule has 2 rings (SSSR count). The number of nitrogens with one attached hydrogen (secondary N) is 1. The van der Waals surface area contributed by atoms with E-state index in [0.29, 0.717) is 0 Å². The molecule has 0 spiro atoms. The molecule has 8 heteroatoms. The van der Waals surface area contributed by atoms with E-state index >= 15 is 0 Å². The van der Waals surface area contributed by atoms with Gasteiger partial charge in [-0.05, 0) is 32.0 Å². The van der Waals surface area contributed by atoms with E-state index in [9.17, 15) is 13.2 Å². The van der Waals surface area contributed by atoms with Crippen LogP contribution in [0.2, 0.25) is 0 Å². The molecule has 0 amide bonds. The van der Waals surface area contributed by atoms with E-state index in [2.05, 4.69) is 5.32 Å². The largest absolute Gasteiger partial charge is 0.490 e. The van der Waals surface area contributed by atoms with Gasteiger partial charge in [-0.1, -0.05) is 18.2 Å². The minimum absolute atomic E-state index is 0.166. The summed E-state index contributed by atoms with van der Waals surface area (Å²) in [4.78, 5) is 8.90. The van der Waals surface area contributed by atoms with Crippen molar-refractivity contribution in [1.82, 2.24) is 5.32 Å². The zero-order chi connectivity index (χ0) is 17.3. The minimum Gasteiger partial charge on any atom is -0.488 e. The van der Waals surface area contributed by atoms with Gasteiger partial charge < -0.3 is 19.9 Å². The zero-order valence-corrected chi connectivity index (χ0v) is 12.7. The summed E-state index contributed by atoms with van der Waals surface area (Å²) in [6.45, 7) is 4.64. The second kappa shape index (κ2) is 9.36. The molecule has 2 unspecified atom stereocenters. The number of para-hydroxylation sites is 1. The molecular formula is C15H20F3NO4.